The molecule has 9 nitrogen and oxygen atoms in total. The van der Waals surface area contributed by atoms with Crippen molar-refractivity contribution in [3.63, 3.8) is 0 Å². The Balaban J connectivity index is 4.31. The number of carbonyl (C=O) groups excluding carboxylic acids is 2. The van der Waals surface area contributed by atoms with Gasteiger partial charge in [0, 0.05) is 19.4 Å². The molecule has 2 atom stereocenters. The number of phosphoric acid groups is 1. The molecular weight excluding hydrogens is 533 g/mol. The first-order valence-corrected chi connectivity index (χ1v) is 17.5. The van der Waals surface area contributed by atoms with E-state index < -0.39 is 26.5 Å². The van der Waals surface area contributed by atoms with Gasteiger partial charge in [0.2, 0.25) is 0 Å². The van der Waals surface area contributed by atoms with Crippen molar-refractivity contribution < 1.29 is 37.6 Å². The van der Waals surface area contributed by atoms with Gasteiger partial charge in [0.05, 0.1) is 13.2 Å². The lowest BCUT2D eigenvalue weighted by atomic mass is 10.1. The molecule has 0 saturated heterocycles. The zero-order valence-electron chi connectivity index (χ0n) is 25.6. The van der Waals surface area contributed by atoms with Gasteiger partial charge in [-0.15, -0.1) is 0 Å². The van der Waals surface area contributed by atoms with Crippen LogP contribution in [0, 0.1) is 0 Å². The van der Waals surface area contributed by atoms with Gasteiger partial charge in [-0.25, -0.2) is 4.57 Å². The Bertz CT molecular complexity index is 649. The van der Waals surface area contributed by atoms with Crippen LogP contribution in [-0.2, 0) is 32.7 Å². The molecule has 40 heavy (non-hydrogen) atoms. The van der Waals surface area contributed by atoms with Crippen molar-refractivity contribution in [2.24, 2.45) is 5.73 Å². The van der Waals surface area contributed by atoms with E-state index in [1.54, 1.807) is 0 Å². The highest BCUT2D eigenvalue weighted by Crippen LogP contribution is 2.43. The summed E-state index contributed by atoms with van der Waals surface area (Å²) in [5.41, 5.74) is 5.30. The van der Waals surface area contributed by atoms with Crippen molar-refractivity contribution in [1.29, 1.82) is 0 Å². The Morgan fingerprint density at radius 3 is 1.52 bits per heavy atom. The maximum atomic E-state index is 12.4. The summed E-state index contributed by atoms with van der Waals surface area (Å²) in [7, 11) is -4.35. The first-order chi connectivity index (χ1) is 19.3. The summed E-state index contributed by atoms with van der Waals surface area (Å²) >= 11 is 0. The first kappa shape index (κ1) is 39.0. The number of ether oxygens (including phenoxy) is 2. The Morgan fingerprint density at radius 2 is 1.07 bits per heavy atom. The molecular formula is C30H60NO8P. The standard InChI is InChI=1S/C30H60NO8P/c1-3-5-7-9-11-13-15-16-18-20-22-29(32)36-26-28(27-38-40(34,35)37-25-24-31)39-30(33)23-21-19-17-14-12-10-8-6-4-2/h28H,3-27,31H2,1-2H3,(H,34,35)/t28-/m1/s1. The predicted octanol–water partition coefficient (Wildman–Crippen LogP) is 7.77. The number of rotatable bonds is 30. The maximum Gasteiger partial charge on any atom is 0.472 e. The van der Waals surface area contributed by atoms with Gasteiger partial charge in [-0.1, -0.05) is 123 Å². The number of hydrogen-bond acceptors (Lipinski definition) is 8. The molecule has 0 saturated carbocycles. The van der Waals surface area contributed by atoms with Crippen LogP contribution in [0.2, 0.25) is 0 Å². The van der Waals surface area contributed by atoms with Gasteiger partial charge >= 0.3 is 19.8 Å². The molecule has 0 amide bonds. The third-order valence-corrected chi connectivity index (χ3v) is 7.73. The highest BCUT2D eigenvalue weighted by molar-refractivity contribution is 7.47. The highest BCUT2D eigenvalue weighted by Gasteiger charge is 2.25. The predicted molar refractivity (Wildman–Crippen MR) is 160 cm³/mol. The number of unbranched alkanes of at least 4 members (excludes halogenated alkanes) is 17. The van der Waals surface area contributed by atoms with Gasteiger partial charge in [-0.05, 0) is 12.8 Å². The van der Waals surface area contributed by atoms with Crippen molar-refractivity contribution >= 4 is 19.8 Å². The summed E-state index contributed by atoms with van der Waals surface area (Å²) in [5, 5.41) is 0. The molecule has 238 valence electrons. The third kappa shape index (κ3) is 27.2. The number of carbonyl (C=O) groups is 2. The second kappa shape index (κ2) is 28.1. The fraction of sp³-hybridized carbons (Fsp3) is 0.933. The van der Waals surface area contributed by atoms with E-state index in [1.807, 2.05) is 0 Å². The topological polar surface area (TPSA) is 134 Å². The quantitative estimate of drug-likeness (QED) is 0.0486. The van der Waals surface area contributed by atoms with Gasteiger partial charge in [0.1, 0.15) is 6.61 Å². The van der Waals surface area contributed by atoms with Crippen molar-refractivity contribution in [2.75, 3.05) is 26.4 Å². The highest BCUT2D eigenvalue weighted by atomic mass is 31.2. The molecule has 0 spiro atoms. The number of hydrogen-bond donors (Lipinski definition) is 2. The lowest BCUT2D eigenvalue weighted by Crippen LogP contribution is -2.29. The molecule has 0 aromatic heterocycles. The first-order valence-electron chi connectivity index (χ1n) is 16.0. The molecule has 0 aromatic carbocycles. The molecule has 0 rings (SSSR count). The molecule has 0 aliphatic heterocycles. The summed E-state index contributed by atoms with van der Waals surface area (Å²) in [6.07, 6.45) is 21.4. The Hall–Kier alpha value is -0.990. The van der Waals surface area contributed by atoms with Gasteiger partial charge in [-0.3, -0.25) is 18.6 Å². The molecule has 10 heteroatoms. The zero-order valence-corrected chi connectivity index (χ0v) is 26.5. The van der Waals surface area contributed by atoms with Crippen LogP contribution in [0.1, 0.15) is 149 Å². The van der Waals surface area contributed by atoms with Crippen molar-refractivity contribution in [3.05, 3.63) is 0 Å². The van der Waals surface area contributed by atoms with E-state index in [0.29, 0.717) is 6.42 Å². The van der Waals surface area contributed by atoms with E-state index in [4.69, 9.17) is 24.3 Å². The fourth-order valence-corrected chi connectivity index (χ4v) is 5.10. The molecule has 0 heterocycles. The normalized spacial score (nSPS) is 13.6. The van der Waals surface area contributed by atoms with E-state index >= 15 is 0 Å². The monoisotopic (exact) mass is 593 g/mol. The van der Waals surface area contributed by atoms with Crippen molar-refractivity contribution in [2.45, 2.75) is 155 Å². The maximum absolute atomic E-state index is 12.4. The summed E-state index contributed by atoms with van der Waals surface area (Å²) < 4.78 is 32.4. The molecule has 0 bridgehead atoms. The molecule has 0 fully saturated rings. The number of nitrogens with two attached hydrogens (primary N) is 1. The van der Waals surface area contributed by atoms with E-state index in [2.05, 4.69) is 13.8 Å². The Labute approximate surface area is 244 Å². The van der Waals surface area contributed by atoms with E-state index in [-0.39, 0.29) is 38.6 Å². The summed E-state index contributed by atoms with van der Waals surface area (Å²) in [5.74, 6) is -0.830. The zero-order chi connectivity index (χ0) is 29.7. The van der Waals surface area contributed by atoms with Crippen molar-refractivity contribution in [1.82, 2.24) is 0 Å². The van der Waals surface area contributed by atoms with Crippen LogP contribution in [0.25, 0.3) is 0 Å². The van der Waals surface area contributed by atoms with Crippen molar-refractivity contribution in [3.8, 4) is 0 Å². The summed E-state index contributed by atoms with van der Waals surface area (Å²) in [6, 6.07) is 0. The molecule has 3 N–H and O–H groups in total. The minimum atomic E-state index is -4.35. The minimum Gasteiger partial charge on any atom is -0.462 e. The SMILES string of the molecule is CCCCCCCCCCCCC(=O)OC[C@H](COP(=O)(O)OCCN)OC(=O)CCCCCCCCCCC. The molecule has 0 aromatic rings. The number of esters is 2. The fourth-order valence-electron chi connectivity index (χ4n) is 4.34. The second-order valence-corrected chi connectivity index (χ2v) is 12.1. The van der Waals surface area contributed by atoms with Crippen LogP contribution >= 0.6 is 7.82 Å². The van der Waals surface area contributed by atoms with Crippen LogP contribution in [0.5, 0.6) is 0 Å². The van der Waals surface area contributed by atoms with E-state index in [0.717, 1.165) is 32.1 Å². The lowest BCUT2D eigenvalue weighted by molar-refractivity contribution is -0.161. The molecule has 0 radical (unpaired) electrons. The summed E-state index contributed by atoms with van der Waals surface area (Å²) in [6.45, 7) is 3.67. The van der Waals surface area contributed by atoms with Gasteiger partial charge < -0.3 is 20.1 Å². The average molecular weight is 594 g/mol. The largest absolute Gasteiger partial charge is 0.472 e. The van der Waals surface area contributed by atoms with Crippen LogP contribution < -0.4 is 5.73 Å². The minimum absolute atomic E-state index is 0.0572. The van der Waals surface area contributed by atoms with Crippen LogP contribution in [0.4, 0.5) is 0 Å². The third-order valence-electron chi connectivity index (χ3n) is 6.74. The Kier molecular flexibility index (Phi) is 27.4. The van der Waals surface area contributed by atoms with Gasteiger partial charge in [-0.2, -0.15) is 0 Å². The number of phosphoric ester groups is 1. The lowest BCUT2D eigenvalue weighted by Gasteiger charge is -2.19. The van der Waals surface area contributed by atoms with Crippen LogP contribution in [-0.4, -0.2) is 49.3 Å². The average Bonchev–Trinajstić information content (AvgIpc) is 2.93. The Morgan fingerprint density at radius 1 is 0.650 bits per heavy atom. The smallest absolute Gasteiger partial charge is 0.462 e. The van der Waals surface area contributed by atoms with Gasteiger partial charge in [0.25, 0.3) is 0 Å². The molecule has 0 aliphatic carbocycles. The summed E-state index contributed by atoms with van der Waals surface area (Å²) in [4.78, 5) is 34.4. The van der Waals surface area contributed by atoms with E-state index in [1.165, 1.54) is 83.5 Å². The second-order valence-electron chi connectivity index (χ2n) is 10.7. The molecule has 0 aliphatic rings. The van der Waals surface area contributed by atoms with Crippen LogP contribution in [0.3, 0.4) is 0 Å². The van der Waals surface area contributed by atoms with E-state index in [9.17, 15) is 19.0 Å². The molecule has 1 unspecified atom stereocenters. The van der Waals surface area contributed by atoms with Gasteiger partial charge in [0.15, 0.2) is 6.10 Å². The van der Waals surface area contributed by atoms with Crippen LogP contribution in [0.15, 0.2) is 0 Å².